The van der Waals surface area contributed by atoms with E-state index in [1.54, 1.807) is 13.4 Å². The number of nitrogens with one attached hydrogen (secondary N) is 1. The van der Waals surface area contributed by atoms with Crippen molar-refractivity contribution in [2.24, 2.45) is 0 Å². The lowest BCUT2D eigenvalue weighted by molar-refractivity contribution is 0.192. The molecule has 1 unspecified atom stereocenters. The predicted octanol–water partition coefficient (Wildman–Crippen LogP) is 3.51. The summed E-state index contributed by atoms with van der Waals surface area (Å²) < 4.78 is 11.4. The third-order valence-electron chi connectivity index (χ3n) is 2.51. The monoisotopic (exact) mass is 289 g/mol. The van der Waals surface area contributed by atoms with Gasteiger partial charge in [-0.25, -0.2) is 0 Å². The fourth-order valence-corrected chi connectivity index (χ4v) is 2.12. The Hall–Kier alpha value is -0.320. The topological polar surface area (TPSA) is 34.4 Å². The highest BCUT2D eigenvalue weighted by molar-refractivity contribution is 9.10. The first-order valence-electron chi connectivity index (χ1n) is 5.71. The lowest BCUT2D eigenvalue weighted by Gasteiger charge is -2.11. The van der Waals surface area contributed by atoms with Gasteiger partial charge in [-0.15, -0.1) is 0 Å². The molecule has 92 valence electrons. The largest absolute Gasteiger partial charge is 0.466 e. The molecule has 1 rings (SSSR count). The molecule has 0 aromatic carbocycles. The van der Waals surface area contributed by atoms with E-state index in [2.05, 4.69) is 28.2 Å². The van der Waals surface area contributed by atoms with Crippen LogP contribution in [0.15, 0.2) is 21.2 Å². The van der Waals surface area contributed by atoms with Gasteiger partial charge in [-0.05, 0) is 54.7 Å². The van der Waals surface area contributed by atoms with Crippen LogP contribution in [0.3, 0.4) is 0 Å². The number of furan rings is 1. The van der Waals surface area contributed by atoms with Crippen LogP contribution in [0.4, 0.5) is 0 Å². The lowest BCUT2D eigenvalue weighted by Crippen LogP contribution is -2.19. The Labute approximate surface area is 106 Å². The van der Waals surface area contributed by atoms with Gasteiger partial charge in [-0.1, -0.05) is 0 Å². The zero-order chi connectivity index (χ0) is 11.8. The quantitative estimate of drug-likeness (QED) is 0.744. The highest BCUT2D eigenvalue weighted by Gasteiger charge is 2.11. The number of ether oxygens (including phenoxy) is 1. The molecule has 1 aromatic heterocycles. The van der Waals surface area contributed by atoms with E-state index in [9.17, 15) is 0 Å². The maximum atomic E-state index is 5.39. The van der Waals surface area contributed by atoms with E-state index in [0.29, 0.717) is 0 Å². The molecule has 1 aromatic rings. The van der Waals surface area contributed by atoms with Crippen molar-refractivity contribution in [2.45, 2.75) is 32.2 Å². The van der Waals surface area contributed by atoms with Crippen molar-refractivity contribution in [1.82, 2.24) is 5.32 Å². The van der Waals surface area contributed by atoms with Crippen LogP contribution in [0.2, 0.25) is 0 Å². The molecule has 16 heavy (non-hydrogen) atoms. The number of unbranched alkanes of at least 4 members (excludes halogenated alkanes) is 2. The predicted molar refractivity (Wildman–Crippen MR) is 68.6 cm³/mol. The molecule has 0 fully saturated rings. The Balaban J connectivity index is 2.11. The molecule has 0 aliphatic heterocycles. The van der Waals surface area contributed by atoms with E-state index < -0.39 is 0 Å². The van der Waals surface area contributed by atoms with Crippen LogP contribution in [0.1, 0.15) is 38.0 Å². The van der Waals surface area contributed by atoms with E-state index in [4.69, 9.17) is 9.15 Å². The minimum atomic E-state index is 0.256. The normalized spacial score (nSPS) is 12.9. The molecule has 0 saturated heterocycles. The zero-order valence-electron chi connectivity index (χ0n) is 9.96. The maximum Gasteiger partial charge on any atom is 0.134 e. The van der Waals surface area contributed by atoms with Crippen LogP contribution in [0.5, 0.6) is 0 Å². The van der Waals surface area contributed by atoms with Gasteiger partial charge in [0.25, 0.3) is 0 Å². The lowest BCUT2D eigenvalue weighted by atomic mass is 10.2. The Morgan fingerprint density at radius 2 is 2.25 bits per heavy atom. The van der Waals surface area contributed by atoms with Gasteiger partial charge in [0.05, 0.1) is 16.8 Å². The second kappa shape index (κ2) is 7.87. The minimum Gasteiger partial charge on any atom is -0.466 e. The summed E-state index contributed by atoms with van der Waals surface area (Å²) in [7, 11) is 1.74. The van der Waals surface area contributed by atoms with E-state index in [1.165, 1.54) is 12.8 Å². The molecule has 0 saturated carbocycles. The third kappa shape index (κ3) is 4.68. The first-order chi connectivity index (χ1) is 7.75. The van der Waals surface area contributed by atoms with Crippen molar-refractivity contribution in [3.05, 3.63) is 22.6 Å². The highest BCUT2D eigenvalue weighted by atomic mass is 79.9. The summed E-state index contributed by atoms with van der Waals surface area (Å²) in [6.45, 7) is 3.98. The van der Waals surface area contributed by atoms with Crippen LogP contribution in [0.25, 0.3) is 0 Å². The van der Waals surface area contributed by atoms with Gasteiger partial charge in [0.2, 0.25) is 0 Å². The SMILES string of the molecule is COCCCCCNC(C)c1occc1Br. The fraction of sp³-hybridized carbons (Fsp3) is 0.667. The second-order valence-corrected chi connectivity index (χ2v) is 4.72. The Bertz CT molecular complexity index is 288. The fourth-order valence-electron chi connectivity index (χ4n) is 1.57. The average Bonchev–Trinajstić information content (AvgIpc) is 2.69. The molecule has 1 heterocycles. The first-order valence-corrected chi connectivity index (χ1v) is 6.50. The summed E-state index contributed by atoms with van der Waals surface area (Å²) in [5, 5.41) is 3.44. The first kappa shape index (κ1) is 13.7. The molecule has 0 aliphatic carbocycles. The van der Waals surface area contributed by atoms with Crippen LogP contribution in [-0.4, -0.2) is 20.3 Å². The van der Waals surface area contributed by atoms with Gasteiger partial charge in [-0.3, -0.25) is 0 Å². The average molecular weight is 290 g/mol. The number of halogens is 1. The Morgan fingerprint density at radius 1 is 1.44 bits per heavy atom. The minimum absolute atomic E-state index is 0.256. The van der Waals surface area contributed by atoms with E-state index in [0.717, 1.165) is 29.8 Å². The number of hydrogen-bond acceptors (Lipinski definition) is 3. The molecule has 0 bridgehead atoms. The van der Waals surface area contributed by atoms with Gasteiger partial charge >= 0.3 is 0 Å². The van der Waals surface area contributed by atoms with Crippen molar-refractivity contribution < 1.29 is 9.15 Å². The van der Waals surface area contributed by atoms with Crippen LogP contribution in [0, 0.1) is 0 Å². The van der Waals surface area contributed by atoms with Crippen LogP contribution < -0.4 is 5.32 Å². The van der Waals surface area contributed by atoms with Crippen LogP contribution in [-0.2, 0) is 4.74 Å². The molecule has 0 amide bonds. The zero-order valence-corrected chi connectivity index (χ0v) is 11.5. The summed E-state index contributed by atoms with van der Waals surface area (Å²) in [6.07, 6.45) is 5.21. The van der Waals surface area contributed by atoms with Gasteiger partial charge in [-0.2, -0.15) is 0 Å². The molecule has 0 spiro atoms. The van der Waals surface area contributed by atoms with Gasteiger partial charge in [0.15, 0.2) is 0 Å². The van der Waals surface area contributed by atoms with Crippen molar-refractivity contribution in [2.75, 3.05) is 20.3 Å². The summed E-state index contributed by atoms with van der Waals surface area (Å²) in [5.74, 6) is 0.969. The Kier molecular flexibility index (Phi) is 6.76. The molecule has 0 radical (unpaired) electrons. The van der Waals surface area contributed by atoms with Crippen LogP contribution >= 0.6 is 15.9 Å². The maximum absolute atomic E-state index is 5.39. The molecule has 1 atom stereocenters. The third-order valence-corrected chi connectivity index (χ3v) is 3.17. The summed E-state index contributed by atoms with van der Waals surface area (Å²) in [6, 6.07) is 2.18. The molecular weight excluding hydrogens is 270 g/mol. The Morgan fingerprint density at radius 3 is 2.88 bits per heavy atom. The van der Waals surface area contributed by atoms with Gasteiger partial charge in [0, 0.05) is 13.7 Å². The number of methoxy groups -OCH3 is 1. The van der Waals surface area contributed by atoms with E-state index >= 15 is 0 Å². The summed E-state index contributed by atoms with van der Waals surface area (Å²) >= 11 is 3.46. The number of hydrogen-bond donors (Lipinski definition) is 1. The molecule has 0 aliphatic rings. The number of rotatable bonds is 8. The smallest absolute Gasteiger partial charge is 0.134 e. The molecule has 4 heteroatoms. The second-order valence-electron chi connectivity index (χ2n) is 3.86. The van der Waals surface area contributed by atoms with Crippen molar-refractivity contribution in [3.63, 3.8) is 0 Å². The summed E-state index contributed by atoms with van der Waals surface area (Å²) in [4.78, 5) is 0. The molecule has 1 N–H and O–H groups in total. The highest BCUT2D eigenvalue weighted by Crippen LogP contribution is 2.23. The summed E-state index contributed by atoms with van der Waals surface area (Å²) in [5.41, 5.74) is 0. The van der Waals surface area contributed by atoms with E-state index in [1.807, 2.05) is 6.07 Å². The van der Waals surface area contributed by atoms with Crippen molar-refractivity contribution in [1.29, 1.82) is 0 Å². The molecular formula is C12H20BrNO2. The van der Waals surface area contributed by atoms with Crippen molar-refractivity contribution >= 4 is 15.9 Å². The van der Waals surface area contributed by atoms with Gasteiger partial charge in [0.1, 0.15) is 5.76 Å². The molecule has 3 nitrogen and oxygen atoms in total. The van der Waals surface area contributed by atoms with Crippen molar-refractivity contribution in [3.8, 4) is 0 Å². The van der Waals surface area contributed by atoms with Gasteiger partial charge < -0.3 is 14.5 Å². The standard InChI is InChI=1S/C12H20BrNO2/c1-10(12-11(13)6-9-16-12)14-7-4-3-5-8-15-2/h6,9-10,14H,3-5,7-8H2,1-2H3. The van der Waals surface area contributed by atoms with E-state index in [-0.39, 0.29) is 6.04 Å².